The molecule has 28 heavy (non-hydrogen) atoms. The van der Waals surface area contributed by atoms with Crippen LogP contribution in [0, 0.1) is 6.92 Å². The molecule has 0 aliphatic carbocycles. The Morgan fingerprint density at radius 1 is 1.14 bits per heavy atom. The summed E-state index contributed by atoms with van der Waals surface area (Å²) in [5.74, 6) is -2.95. The van der Waals surface area contributed by atoms with Crippen LogP contribution in [0.25, 0.3) is 10.9 Å². The van der Waals surface area contributed by atoms with Gasteiger partial charge in [-0.05, 0) is 30.7 Å². The molecule has 1 amide bonds. The standard InChI is InChI=1S/C20H17ClN2O5/c1-11-17(19(26)20(22)27)18-14(7-4-8-15(18)28-10-16(24)25)23(11)9-12-5-2-3-6-13(12)21/h2-8H,9-10H2,1H3,(H2,22,27)(H,24,25). The minimum Gasteiger partial charge on any atom is -0.481 e. The molecular formula is C20H17ClN2O5. The third-order valence-electron chi connectivity index (χ3n) is 4.40. The summed E-state index contributed by atoms with van der Waals surface area (Å²) in [5.41, 5.74) is 7.25. The second-order valence-electron chi connectivity index (χ2n) is 6.16. The van der Waals surface area contributed by atoms with Gasteiger partial charge in [-0.3, -0.25) is 9.59 Å². The average Bonchev–Trinajstić information content (AvgIpc) is 2.93. The number of carbonyl (C=O) groups is 3. The molecule has 0 atom stereocenters. The lowest BCUT2D eigenvalue weighted by atomic mass is 10.1. The fourth-order valence-electron chi connectivity index (χ4n) is 3.15. The van der Waals surface area contributed by atoms with E-state index in [0.29, 0.717) is 28.2 Å². The molecule has 8 heteroatoms. The van der Waals surface area contributed by atoms with E-state index in [0.717, 1.165) is 5.56 Å². The van der Waals surface area contributed by atoms with Crippen LogP contribution in [0.3, 0.4) is 0 Å². The van der Waals surface area contributed by atoms with Crippen LogP contribution in [0.1, 0.15) is 21.6 Å². The molecule has 0 saturated carbocycles. The van der Waals surface area contributed by atoms with Crippen LogP contribution in [0.2, 0.25) is 5.02 Å². The number of hydrogen-bond acceptors (Lipinski definition) is 4. The van der Waals surface area contributed by atoms with Crippen LogP contribution >= 0.6 is 11.6 Å². The molecule has 1 aromatic heterocycles. The minimum atomic E-state index is -1.16. The molecule has 7 nitrogen and oxygen atoms in total. The first-order valence-electron chi connectivity index (χ1n) is 8.35. The van der Waals surface area contributed by atoms with E-state index in [4.69, 9.17) is 27.2 Å². The van der Waals surface area contributed by atoms with Crippen LogP contribution in [0.5, 0.6) is 5.75 Å². The number of Topliss-reactive ketones (excluding diaryl/α,β-unsaturated/α-hetero) is 1. The van der Waals surface area contributed by atoms with Gasteiger partial charge < -0.3 is 20.1 Å². The molecule has 3 N–H and O–H groups in total. The summed E-state index contributed by atoms with van der Waals surface area (Å²) < 4.78 is 7.17. The maximum Gasteiger partial charge on any atom is 0.341 e. The Morgan fingerprint density at radius 2 is 1.86 bits per heavy atom. The van der Waals surface area contributed by atoms with E-state index in [1.54, 1.807) is 31.2 Å². The number of rotatable bonds is 7. The highest BCUT2D eigenvalue weighted by molar-refractivity contribution is 6.45. The van der Waals surface area contributed by atoms with E-state index < -0.39 is 24.3 Å². The Bertz CT molecular complexity index is 1100. The molecule has 0 aliphatic rings. The fourth-order valence-corrected chi connectivity index (χ4v) is 3.35. The highest BCUT2D eigenvalue weighted by atomic mass is 35.5. The Morgan fingerprint density at radius 3 is 2.50 bits per heavy atom. The van der Waals surface area contributed by atoms with E-state index >= 15 is 0 Å². The quantitative estimate of drug-likeness (QED) is 0.468. The Hall–Kier alpha value is -3.32. The predicted octanol–water partition coefficient (Wildman–Crippen LogP) is 2.78. The predicted molar refractivity (Wildman–Crippen MR) is 104 cm³/mol. The number of nitrogens with two attached hydrogens (primary N) is 1. The third-order valence-corrected chi connectivity index (χ3v) is 4.77. The molecule has 3 aromatic rings. The Kier molecular flexibility index (Phi) is 5.37. The second-order valence-corrected chi connectivity index (χ2v) is 6.57. The fraction of sp³-hybridized carbons (Fsp3) is 0.150. The van der Waals surface area contributed by atoms with Crippen LogP contribution in [0.4, 0.5) is 0 Å². The van der Waals surface area contributed by atoms with Crippen molar-refractivity contribution in [2.45, 2.75) is 13.5 Å². The van der Waals surface area contributed by atoms with Gasteiger partial charge in [-0.1, -0.05) is 35.9 Å². The molecular weight excluding hydrogens is 384 g/mol. The SMILES string of the molecule is Cc1c(C(=O)C(N)=O)c2c(OCC(=O)O)cccc2n1Cc1ccccc1Cl. The van der Waals surface area contributed by atoms with Crippen molar-refractivity contribution < 1.29 is 24.2 Å². The van der Waals surface area contributed by atoms with Crippen molar-refractivity contribution in [1.82, 2.24) is 4.57 Å². The van der Waals surface area contributed by atoms with Gasteiger partial charge in [0.2, 0.25) is 0 Å². The van der Waals surface area contributed by atoms with Crippen molar-refractivity contribution in [2.75, 3.05) is 6.61 Å². The van der Waals surface area contributed by atoms with Crippen LogP contribution in [-0.4, -0.2) is 33.9 Å². The normalized spacial score (nSPS) is 10.8. The lowest BCUT2D eigenvalue weighted by molar-refractivity contribution is -0.139. The highest BCUT2D eigenvalue weighted by Crippen LogP contribution is 2.35. The number of aromatic nitrogens is 1. The molecule has 2 aromatic carbocycles. The average molecular weight is 401 g/mol. The number of benzene rings is 2. The smallest absolute Gasteiger partial charge is 0.341 e. The minimum absolute atomic E-state index is 0.0931. The number of aliphatic carboxylic acids is 1. The van der Waals surface area contributed by atoms with Crippen molar-refractivity contribution in [2.24, 2.45) is 5.73 Å². The highest BCUT2D eigenvalue weighted by Gasteiger charge is 2.26. The molecule has 0 radical (unpaired) electrons. The van der Waals surface area contributed by atoms with Crippen molar-refractivity contribution in [1.29, 1.82) is 0 Å². The van der Waals surface area contributed by atoms with E-state index in [2.05, 4.69) is 0 Å². The van der Waals surface area contributed by atoms with Gasteiger partial charge in [0, 0.05) is 17.3 Å². The zero-order valence-electron chi connectivity index (χ0n) is 14.9. The molecule has 144 valence electrons. The number of carboxylic acids is 1. The van der Waals surface area contributed by atoms with Gasteiger partial charge in [0.25, 0.3) is 11.7 Å². The summed E-state index contributed by atoms with van der Waals surface area (Å²) in [4.78, 5) is 35.0. The topological polar surface area (TPSA) is 112 Å². The molecule has 0 fully saturated rings. The Labute approximate surface area is 165 Å². The third kappa shape index (κ3) is 3.57. The summed E-state index contributed by atoms with van der Waals surface area (Å²) in [5, 5.41) is 9.82. The summed E-state index contributed by atoms with van der Waals surface area (Å²) in [6, 6.07) is 12.3. The number of carbonyl (C=O) groups excluding carboxylic acids is 2. The number of fused-ring (bicyclic) bond motifs is 1. The van der Waals surface area contributed by atoms with Crippen LogP contribution < -0.4 is 10.5 Å². The molecule has 3 rings (SSSR count). The van der Waals surface area contributed by atoms with E-state index in [1.807, 2.05) is 22.8 Å². The van der Waals surface area contributed by atoms with Gasteiger partial charge in [-0.25, -0.2) is 4.79 Å². The molecule has 1 heterocycles. The monoisotopic (exact) mass is 400 g/mol. The van der Waals surface area contributed by atoms with Crippen LogP contribution in [0.15, 0.2) is 42.5 Å². The summed E-state index contributed by atoms with van der Waals surface area (Å²) in [7, 11) is 0. The molecule has 0 unspecified atom stereocenters. The van der Waals surface area contributed by atoms with Gasteiger partial charge in [-0.2, -0.15) is 0 Å². The van der Waals surface area contributed by atoms with Crippen molar-refractivity contribution in [3.63, 3.8) is 0 Å². The van der Waals surface area contributed by atoms with Gasteiger partial charge >= 0.3 is 5.97 Å². The zero-order chi connectivity index (χ0) is 20.4. The molecule has 0 saturated heterocycles. The number of nitrogens with zero attached hydrogens (tertiary/aromatic N) is 1. The first kappa shape index (κ1) is 19.4. The lowest BCUT2D eigenvalue weighted by Gasteiger charge is -2.10. The van der Waals surface area contributed by atoms with Gasteiger partial charge in [-0.15, -0.1) is 0 Å². The largest absolute Gasteiger partial charge is 0.481 e. The van der Waals surface area contributed by atoms with Gasteiger partial charge in [0.1, 0.15) is 5.75 Å². The number of carboxylic acid groups (broad SMARTS) is 1. The first-order valence-corrected chi connectivity index (χ1v) is 8.73. The summed E-state index contributed by atoms with van der Waals surface area (Å²) >= 11 is 6.27. The van der Waals surface area contributed by atoms with Gasteiger partial charge in [0.05, 0.1) is 16.5 Å². The lowest BCUT2D eigenvalue weighted by Crippen LogP contribution is -2.24. The summed E-state index contributed by atoms with van der Waals surface area (Å²) in [6.45, 7) is 1.45. The van der Waals surface area contributed by atoms with Gasteiger partial charge in [0.15, 0.2) is 6.61 Å². The van der Waals surface area contributed by atoms with Crippen molar-refractivity contribution >= 4 is 40.2 Å². The van der Waals surface area contributed by atoms with E-state index in [-0.39, 0.29) is 11.3 Å². The number of halogens is 1. The van der Waals surface area contributed by atoms with Crippen molar-refractivity contribution in [3.05, 3.63) is 64.3 Å². The number of ether oxygens (including phenoxy) is 1. The molecule has 0 spiro atoms. The first-order chi connectivity index (χ1) is 13.3. The number of amides is 1. The summed E-state index contributed by atoms with van der Waals surface area (Å²) in [6.07, 6.45) is 0. The maximum atomic E-state index is 12.5. The number of ketones is 1. The second kappa shape index (κ2) is 7.74. The van der Waals surface area contributed by atoms with E-state index in [1.165, 1.54) is 0 Å². The van der Waals surface area contributed by atoms with Crippen LogP contribution in [-0.2, 0) is 16.1 Å². The van der Waals surface area contributed by atoms with Crippen molar-refractivity contribution in [3.8, 4) is 5.75 Å². The molecule has 0 aliphatic heterocycles. The Balaban J connectivity index is 2.24. The van der Waals surface area contributed by atoms with E-state index in [9.17, 15) is 14.4 Å². The number of hydrogen-bond donors (Lipinski definition) is 2. The maximum absolute atomic E-state index is 12.5. The zero-order valence-corrected chi connectivity index (χ0v) is 15.7. The molecule has 0 bridgehead atoms. The number of primary amides is 1.